The van der Waals surface area contributed by atoms with Gasteiger partial charge in [-0.25, -0.2) is 0 Å². The van der Waals surface area contributed by atoms with Crippen LogP contribution < -0.4 is 5.32 Å². The highest BCUT2D eigenvalue weighted by Crippen LogP contribution is 2.45. The minimum Gasteiger partial charge on any atom is -0.481 e. The first-order valence-corrected chi connectivity index (χ1v) is 6.89. The van der Waals surface area contributed by atoms with E-state index >= 15 is 0 Å². The van der Waals surface area contributed by atoms with Gasteiger partial charge in [0.25, 0.3) is 0 Å². The summed E-state index contributed by atoms with van der Waals surface area (Å²) < 4.78 is 0. The van der Waals surface area contributed by atoms with Crippen LogP contribution in [-0.4, -0.2) is 23.0 Å². The minimum atomic E-state index is -0.804. The average molecular weight is 253 g/mol. The van der Waals surface area contributed by atoms with E-state index in [1.165, 1.54) is 0 Å². The summed E-state index contributed by atoms with van der Waals surface area (Å²) in [4.78, 5) is 23.4. The van der Waals surface area contributed by atoms with Crippen LogP contribution in [0.1, 0.15) is 58.8 Å². The summed E-state index contributed by atoms with van der Waals surface area (Å²) in [6.45, 7) is 4.23. The number of carboxylic acid groups (broad SMARTS) is 1. The monoisotopic (exact) mass is 253 g/mol. The molecule has 0 aliphatic heterocycles. The summed E-state index contributed by atoms with van der Waals surface area (Å²) in [5, 5.41) is 12.4. The van der Waals surface area contributed by atoms with Gasteiger partial charge in [0, 0.05) is 12.5 Å². The van der Waals surface area contributed by atoms with Crippen LogP contribution in [0.15, 0.2) is 0 Å². The van der Waals surface area contributed by atoms with Crippen LogP contribution >= 0.6 is 0 Å². The first-order valence-electron chi connectivity index (χ1n) is 6.89. The topological polar surface area (TPSA) is 66.4 Å². The first kappa shape index (κ1) is 13.4. The largest absolute Gasteiger partial charge is 0.481 e. The van der Waals surface area contributed by atoms with Gasteiger partial charge in [-0.15, -0.1) is 0 Å². The lowest BCUT2D eigenvalue weighted by atomic mass is 9.71. The Kier molecular flexibility index (Phi) is 3.39. The van der Waals surface area contributed by atoms with E-state index in [1.54, 1.807) is 0 Å². The molecule has 0 aromatic carbocycles. The predicted octanol–water partition coefficient (Wildman–Crippen LogP) is 2.33. The van der Waals surface area contributed by atoms with Gasteiger partial charge in [-0.05, 0) is 24.7 Å². The number of carbonyl (C=O) groups excluding carboxylic acids is 1. The molecule has 2 fully saturated rings. The first-order chi connectivity index (χ1) is 8.36. The number of carboxylic acids is 1. The highest BCUT2D eigenvalue weighted by molar-refractivity contribution is 5.85. The molecule has 2 rings (SSSR count). The molecule has 0 aromatic heterocycles. The van der Waals surface area contributed by atoms with E-state index in [1.807, 2.05) is 0 Å². The van der Waals surface area contributed by atoms with Gasteiger partial charge in [0.1, 0.15) is 0 Å². The second kappa shape index (κ2) is 4.56. The van der Waals surface area contributed by atoms with Crippen molar-refractivity contribution in [1.82, 2.24) is 5.32 Å². The molecule has 2 aliphatic carbocycles. The molecule has 4 heteroatoms. The molecule has 0 aromatic rings. The summed E-state index contributed by atoms with van der Waals surface area (Å²) in [5.41, 5.74) is -0.611. The standard InChI is InChI=1S/C14H23NO3/c1-13(2)8-10(13)15-11(16)9-14(12(17)18)6-4-3-5-7-14/h10H,3-9H2,1-2H3,(H,15,16)(H,17,18). The minimum absolute atomic E-state index is 0.0881. The zero-order valence-electron chi connectivity index (χ0n) is 11.3. The number of nitrogens with one attached hydrogen (secondary N) is 1. The number of hydrogen-bond donors (Lipinski definition) is 2. The van der Waals surface area contributed by atoms with E-state index in [2.05, 4.69) is 19.2 Å². The fourth-order valence-electron chi connectivity index (χ4n) is 2.96. The number of carbonyl (C=O) groups is 2. The second-order valence-electron chi connectivity index (χ2n) is 6.64. The van der Waals surface area contributed by atoms with Gasteiger partial charge in [0.05, 0.1) is 5.41 Å². The number of aliphatic carboxylic acids is 1. The molecule has 1 amide bonds. The van der Waals surface area contributed by atoms with Gasteiger partial charge in [0.2, 0.25) is 5.91 Å². The van der Waals surface area contributed by atoms with Crippen molar-refractivity contribution < 1.29 is 14.7 Å². The highest BCUT2D eigenvalue weighted by atomic mass is 16.4. The van der Waals surface area contributed by atoms with Crippen molar-refractivity contribution in [2.24, 2.45) is 10.8 Å². The number of rotatable bonds is 4. The van der Waals surface area contributed by atoms with Crippen LogP contribution in [0.5, 0.6) is 0 Å². The summed E-state index contributed by atoms with van der Waals surface area (Å²) in [6, 6.07) is 0.236. The Balaban J connectivity index is 1.93. The molecule has 2 N–H and O–H groups in total. The molecule has 4 nitrogen and oxygen atoms in total. The molecular weight excluding hydrogens is 230 g/mol. The molecule has 0 bridgehead atoms. The summed E-state index contributed by atoms with van der Waals surface area (Å²) in [6.07, 6.45) is 5.37. The van der Waals surface area contributed by atoms with Crippen molar-refractivity contribution in [1.29, 1.82) is 0 Å². The van der Waals surface area contributed by atoms with Crippen molar-refractivity contribution in [3.63, 3.8) is 0 Å². The van der Waals surface area contributed by atoms with E-state index < -0.39 is 11.4 Å². The van der Waals surface area contributed by atoms with Gasteiger partial charge in [-0.3, -0.25) is 9.59 Å². The molecular formula is C14H23NO3. The molecule has 0 radical (unpaired) electrons. The lowest BCUT2D eigenvalue weighted by Gasteiger charge is -2.32. The molecule has 2 saturated carbocycles. The maximum Gasteiger partial charge on any atom is 0.310 e. The summed E-state index contributed by atoms with van der Waals surface area (Å²) in [5.74, 6) is -0.887. The average Bonchev–Trinajstić information content (AvgIpc) is 2.86. The maximum atomic E-state index is 12.0. The molecule has 0 saturated heterocycles. The Morgan fingerprint density at radius 1 is 1.22 bits per heavy atom. The third kappa shape index (κ3) is 2.68. The van der Waals surface area contributed by atoms with Gasteiger partial charge in [-0.1, -0.05) is 33.1 Å². The third-order valence-corrected chi connectivity index (χ3v) is 4.61. The smallest absolute Gasteiger partial charge is 0.310 e. The lowest BCUT2D eigenvalue weighted by molar-refractivity contribution is -0.154. The summed E-state index contributed by atoms with van der Waals surface area (Å²) in [7, 11) is 0. The zero-order valence-corrected chi connectivity index (χ0v) is 11.3. The Morgan fingerprint density at radius 2 is 1.78 bits per heavy atom. The van der Waals surface area contributed by atoms with Crippen molar-refractivity contribution >= 4 is 11.9 Å². The van der Waals surface area contributed by atoms with E-state index in [0.717, 1.165) is 25.7 Å². The fourth-order valence-corrected chi connectivity index (χ4v) is 2.96. The second-order valence-corrected chi connectivity index (χ2v) is 6.64. The predicted molar refractivity (Wildman–Crippen MR) is 68.1 cm³/mol. The van der Waals surface area contributed by atoms with Crippen LogP contribution in [-0.2, 0) is 9.59 Å². The molecule has 0 spiro atoms. The van der Waals surface area contributed by atoms with Crippen LogP contribution in [0.4, 0.5) is 0 Å². The van der Waals surface area contributed by atoms with Crippen LogP contribution in [0.25, 0.3) is 0 Å². The van der Waals surface area contributed by atoms with Gasteiger partial charge < -0.3 is 10.4 Å². The van der Waals surface area contributed by atoms with E-state index in [-0.39, 0.29) is 23.8 Å². The van der Waals surface area contributed by atoms with Crippen molar-refractivity contribution in [3.05, 3.63) is 0 Å². The summed E-state index contributed by atoms with van der Waals surface area (Å²) >= 11 is 0. The van der Waals surface area contributed by atoms with Gasteiger partial charge in [-0.2, -0.15) is 0 Å². The third-order valence-electron chi connectivity index (χ3n) is 4.61. The van der Waals surface area contributed by atoms with Crippen molar-refractivity contribution in [2.75, 3.05) is 0 Å². The van der Waals surface area contributed by atoms with E-state index in [0.29, 0.717) is 12.8 Å². The van der Waals surface area contributed by atoms with Crippen LogP contribution in [0, 0.1) is 10.8 Å². The Labute approximate surface area is 108 Å². The maximum absolute atomic E-state index is 12.0. The Bertz CT molecular complexity index is 356. The Hall–Kier alpha value is -1.06. The van der Waals surface area contributed by atoms with E-state index in [4.69, 9.17) is 0 Å². The lowest BCUT2D eigenvalue weighted by Crippen LogP contribution is -2.40. The molecule has 102 valence electrons. The number of amides is 1. The van der Waals surface area contributed by atoms with Crippen molar-refractivity contribution in [3.8, 4) is 0 Å². The molecule has 0 heterocycles. The molecule has 1 atom stereocenters. The fraction of sp³-hybridized carbons (Fsp3) is 0.857. The van der Waals surface area contributed by atoms with Gasteiger partial charge >= 0.3 is 5.97 Å². The number of hydrogen-bond acceptors (Lipinski definition) is 2. The van der Waals surface area contributed by atoms with Crippen LogP contribution in [0.3, 0.4) is 0 Å². The van der Waals surface area contributed by atoms with E-state index in [9.17, 15) is 14.7 Å². The van der Waals surface area contributed by atoms with Gasteiger partial charge in [0.15, 0.2) is 0 Å². The normalized spacial score (nSPS) is 28.4. The zero-order chi connectivity index (χ0) is 13.4. The SMILES string of the molecule is CC1(C)CC1NC(=O)CC1(C(=O)O)CCCCC1. The van der Waals surface area contributed by atoms with Crippen LogP contribution in [0.2, 0.25) is 0 Å². The highest BCUT2D eigenvalue weighted by Gasteiger charge is 2.48. The molecule has 1 unspecified atom stereocenters. The quantitative estimate of drug-likeness (QED) is 0.808. The molecule has 2 aliphatic rings. The van der Waals surface area contributed by atoms with Crippen molar-refractivity contribution in [2.45, 2.75) is 64.8 Å². The molecule has 18 heavy (non-hydrogen) atoms. The Morgan fingerprint density at radius 3 is 2.22 bits per heavy atom.